The van der Waals surface area contributed by atoms with Gasteiger partial charge in [0.1, 0.15) is 17.2 Å². The van der Waals surface area contributed by atoms with Gasteiger partial charge >= 0.3 is 18.0 Å². The van der Waals surface area contributed by atoms with E-state index in [1.54, 1.807) is 41.5 Å². The Morgan fingerprint density at radius 3 is 2.15 bits per heavy atom. The molecule has 0 aromatic carbocycles. The fourth-order valence-electron chi connectivity index (χ4n) is 3.75. The molecule has 4 atom stereocenters. The second kappa shape index (κ2) is 12.2. The number of hydrogen-bond donors (Lipinski definition) is 2. The molecule has 0 aliphatic carbocycles. The van der Waals surface area contributed by atoms with Crippen LogP contribution < -0.4 is 5.32 Å². The average Bonchev–Trinajstić information content (AvgIpc) is 3.01. The summed E-state index contributed by atoms with van der Waals surface area (Å²) in [5.74, 6) is -1.86. The highest BCUT2D eigenvalue weighted by Gasteiger charge is 2.48. The zero-order valence-electron chi connectivity index (χ0n) is 21.5. The van der Waals surface area contributed by atoms with Crippen LogP contribution in [0.4, 0.5) is 4.79 Å². The van der Waals surface area contributed by atoms with Crippen LogP contribution in [0.15, 0.2) is 12.2 Å². The summed E-state index contributed by atoms with van der Waals surface area (Å²) in [6.45, 7) is 13.0. The molecule has 1 saturated heterocycles. The fraction of sp³-hybridized carbons (Fsp3) is 0.750. The third-order valence-electron chi connectivity index (χ3n) is 4.85. The van der Waals surface area contributed by atoms with Crippen molar-refractivity contribution in [3.05, 3.63) is 12.2 Å². The molecule has 1 heterocycles. The number of allylic oxidation sites excluding steroid dienone is 1. The molecule has 1 unspecified atom stereocenters. The normalized spacial score (nSPS) is 21.8. The molecule has 1 aliphatic heterocycles. The van der Waals surface area contributed by atoms with Crippen LogP contribution in [-0.4, -0.2) is 70.1 Å². The molecule has 0 bridgehead atoms. The Morgan fingerprint density at radius 2 is 1.68 bits per heavy atom. The minimum Gasteiger partial charge on any atom is -0.458 e. The number of hydrogen-bond acceptors (Lipinski definition) is 8. The van der Waals surface area contributed by atoms with Crippen LogP contribution in [0.25, 0.3) is 0 Å². The molecule has 1 rings (SSSR count). The highest BCUT2D eigenvalue weighted by molar-refractivity contribution is 5.83. The molecule has 10 heteroatoms. The number of esters is 2. The lowest BCUT2D eigenvalue weighted by atomic mass is 9.95. The third kappa shape index (κ3) is 9.70. The van der Waals surface area contributed by atoms with Gasteiger partial charge in [0.2, 0.25) is 5.91 Å². The maximum atomic E-state index is 13.2. The topological polar surface area (TPSA) is 131 Å². The molecular formula is C24H40N2O8. The summed E-state index contributed by atoms with van der Waals surface area (Å²) < 4.78 is 16.3. The van der Waals surface area contributed by atoms with Crippen LogP contribution in [0.2, 0.25) is 0 Å². The van der Waals surface area contributed by atoms with Gasteiger partial charge in [0, 0.05) is 19.4 Å². The lowest BCUT2D eigenvalue weighted by molar-refractivity contribution is -0.160. The summed E-state index contributed by atoms with van der Waals surface area (Å²) in [6.07, 6.45) is 2.31. The lowest BCUT2D eigenvalue weighted by Crippen LogP contribution is -2.49. The molecule has 194 valence electrons. The van der Waals surface area contributed by atoms with Crippen molar-refractivity contribution in [1.29, 1.82) is 0 Å². The van der Waals surface area contributed by atoms with Crippen molar-refractivity contribution in [2.24, 2.45) is 5.92 Å². The molecule has 0 spiro atoms. The smallest absolute Gasteiger partial charge is 0.411 e. The molecule has 1 fully saturated rings. The van der Waals surface area contributed by atoms with Gasteiger partial charge in [0.05, 0.1) is 6.61 Å². The SMILES string of the molecule is CC=C[C@@H]1C[C@H](C(=O)OC(C)(C)C)N(C(=O)OC(C)(C)C)[C@@H]1CCC(=O)OC(CO)NC(C)=O. The summed E-state index contributed by atoms with van der Waals surface area (Å²) in [4.78, 5) is 51.1. The maximum Gasteiger partial charge on any atom is 0.411 e. The Hall–Kier alpha value is -2.62. The number of rotatable bonds is 8. The van der Waals surface area contributed by atoms with Gasteiger partial charge < -0.3 is 24.6 Å². The fourth-order valence-corrected chi connectivity index (χ4v) is 3.75. The zero-order valence-corrected chi connectivity index (χ0v) is 21.5. The molecule has 10 nitrogen and oxygen atoms in total. The monoisotopic (exact) mass is 484 g/mol. The molecule has 0 aromatic heterocycles. The number of carbonyl (C=O) groups excluding carboxylic acids is 4. The largest absolute Gasteiger partial charge is 0.458 e. The predicted molar refractivity (Wildman–Crippen MR) is 124 cm³/mol. The standard InChI is InChI=1S/C24H40N2O8/c1-9-10-16-13-18(21(30)33-23(3,4)5)26(22(31)34-24(6,7)8)17(16)11-12-20(29)32-19(14-27)25-15(2)28/h9-10,16-19,27H,11-14H2,1-8H3,(H,25,28)/t16-,17-,18-,19?/m1/s1. The van der Waals surface area contributed by atoms with Crippen LogP contribution in [0.1, 0.15) is 74.7 Å². The Bertz CT molecular complexity index is 766. The van der Waals surface area contributed by atoms with Gasteiger partial charge in [-0.2, -0.15) is 0 Å². The van der Waals surface area contributed by atoms with Crippen molar-refractivity contribution >= 4 is 23.9 Å². The van der Waals surface area contributed by atoms with Crippen LogP contribution in [0.3, 0.4) is 0 Å². The van der Waals surface area contributed by atoms with Crippen LogP contribution >= 0.6 is 0 Å². The first kappa shape index (κ1) is 29.4. The van der Waals surface area contributed by atoms with E-state index in [4.69, 9.17) is 14.2 Å². The van der Waals surface area contributed by atoms with Crippen LogP contribution in [-0.2, 0) is 28.6 Å². The average molecular weight is 485 g/mol. The number of likely N-dealkylation sites (tertiary alicyclic amines) is 1. The quantitative estimate of drug-likeness (QED) is 0.233. The Morgan fingerprint density at radius 1 is 1.09 bits per heavy atom. The second-order valence-electron chi connectivity index (χ2n) is 10.3. The minimum atomic E-state index is -1.16. The van der Waals surface area contributed by atoms with Crippen molar-refractivity contribution in [3.8, 4) is 0 Å². The Balaban J connectivity index is 3.14. The second-order valence-corrected chi connectivity index (χ2v) is 10.3. The number of ether oxygens (including phenoxy) is 3. The van der Waals surface area contributed by atoms with E-state index >= 15 is 0 Å². The van der Waals surface area contributed by atoms with Crippen molar-refractivity contribution in [1.82, 2.24) is 10.2 Å². The van der Waals surface area contributed by atoms with Crippen molar-refractivity contribution < 1.29 is 38.5 Å². The van der Waals surface area contributed by atoms with Gasteiger partial charge in [0.25, 0.3) is 0 Å². The number of nitrogens with zero attached hydrogens (tertiary/aromatic N) is 1. The predicted octanol–water partition coefficient (Wildman–Crippen LogP) is 2.68. The number of nitrogens with one attached hydrogen (secondary N) is 1. The Labute approximate surface area is 202 Å². The molecule has 2 N–H and O–H groups in total. The summed E-state index contributed by atoms with van der Waals surface area (Å²) in [5, 5.41) is 11.6. The number of amides is 2. The molecule has 1 aliphatic rings. The van der Waals surface area contributed by atoms with Gasteiger partial charge in [-0.1, -0.05) is 12.2 Å². The molecule has 34 heavy (non-hydrogen) atoms. The first-order valence-corrected chi connectivity index (χ1v) is 11.5. The number of carbonyl (C=O) groups is 4. The first-order valence-electron chi connectivity index (χ1n) is 11.5. The van der Waals surface area contributed by atoms with Gasteiger partial charge in [0.15, 0.2) is 6.23 Å². The van der Waals surface area contributed by atoms with Crippen molar-refractivity contribution in [3.63, 3.8) is 0 Å². The van der Waals surface area contributed by atoms with E-state index in [9.17, 15) is 24.3 Å². The molecule has 0 saturated carbocycles. The zero-order chi connectivity index (χ0) is 26.3. The van der Waals surface area contributed by atoms with Crippen molar-refractivity contribution in [2.45, 2.75) is 104 Å². The van der Waals surface area contributed by atoms with E-state index < -0.39 is 60.1 Å². The van der Waals surface area contributed by atoms with Gasteiger partial charge in [-0.25, -0.2) is 9.59 Å². The first-order chi connectivity index (χ1) is 15.6. The Kier molecular flexibility index (Phi) is 10.5. The summed E-state index contributed by atoms with van der Waals surface area (Å²) in [5.41, 5.74) is -1.53. The van der Waals surface area contributed by atoms with E-state index in [-0.39, 0.29) is 18.8 Å². The summed E-state index contributed by atoms with van der Waals surface area (Å²) >= 11 is 0. The summed E-state index contributed by atoms with van der Waals surface area (Å²) in [6, 6.07) is -1.40. The highest BCUT2D eigenvalue weighted by atomic mass is 16.6. The van der Waals surface area contributed by atoms with Gasteiger partial charge in [-0.05, 0) is 67.2 Å². The maximum absolute atomic E-state index is 13.2. The lowest BCUT2D eigenvalue weighted by Gasteiger charge is -2.33. The molecule has 0 aromatic rings. The molecular weight excluding hydrogens is 444 g/mol. The van der Waals surface area contributed by atoms with Gasteiger partial charge in [-0.15, -0.1) is 0 Å². The van der Waals surface area contributed by atoms with E-state index in [0.29, 0.717) is 6.42 Å². The van der Waals surface area contributed by atoms with E-state index in [0.717, 1.165) is 0 Å². The van der Waals surface area contributed by atoms with E-state index in [2.05, 4.69) is 5.32 Å². The molecule has 2 amide bonds. The van der Waals surface area contributed by atoms with Crippen LogP contribution in [0.5, 0.6) is 0 Å². The van der Waals surface area contributed by atoms with Gasteiger partial charge in [-0.3, -0.25) is 14.5 Å². The number of aliphatic hydroxyl groups excluding tert-OH is 1. The van der Waals surface area contributed by atoms with Crippen molar-refractivity contribution in [2.75, 3.05) is 6.61 Å². The van der Waals surface area contributed by atoms with E-state index in [1.807, 2.05) is 19.1 Å². The van der Waals surface area contributed by atoms with E-state index in [1.165, 1.54) is 11.8 Å². The van der Waals surface area contributed by atoms with Crippen LogP contribution in [0, 0.1) is 5.92 Å². The highest BCUT2D eigenvalue weighted by Crippen LogP contribution is 2.36. The number of aliphatic hydroxyl groups is 1. The third-order valence-corrected chi connectivity index (χ3v) is 4.85. The minimum absolute atomic E-state index is 0.102. The summed E-state index contributed by atoms with van der Waals surface area (Å²) in [7, 11) is 0. The molecule has 0 radical (unpaired) electrons.